The Kier molecular flexibility index (Phi) is 4.78. The zero-order chi connectivity index (χ0) is 18.1. The molecule has 2 rings (SSSR count). The fourth-order valence-electron chi connectivity index (χ4n) is 1.79. The van der Waals surface area contributed by atoms with Crippen LogP contribution in [0, 0.1) is 10.1 Å². The van der Waals surface area contributed by atoms with Gasteiger partial charge in [0.15, 0.2) is 5.70 Å². The number of hydrogen-bond acceptors (Lipinski definition) is 6. The average molecular weight is 364 g/mol. The number of non-ortho nitro benzene ring substituents is 1. The number of hydrogen-bond donors (Lipinski definition) is 0. The Morgan fingerprint density at radius 2 is 2.12 bits per heavy atom. The maximum atomic E-state index is 12.7. The van der Waals surface area contributed by atoms with Gasteiger partial charge in [0.25, 0.3) is 5.69 Å². The molecule has 0 bridgehead atoms. The molecule has 0 amide bonds. The van der Waals surface area contributed by atoms with Crippen LogP contribution in [0.25, 0.3) is 0 Å². The summed E-state index contributed by atoms with van der Waals surface area (Å²) in [6.07, 6.45) is -3.59. The fourth-order valence-corrected chi connectivity index (χ4v) is 2.00. The molecule has 1 aliphatic rings. The van der Waals surface area contributed by atoms with Crippen molar-refractivity contribution in [2.45, 2.75) is 6.18 Å². The smallest absolute Gasteiger partial charge is 0.420 e. The van der Waals surface area contributed by atoms with Gasteiger partial charge < -0.3 is 9.64 Å². The van der Waals surface area contributed by atoms with Gasteiger partial charge in [-0.25, -0.2) is 9.79 Å². The van der Waals surface area contributed by atoms with E-state index in [-0.39, 0.29) is 16.5 Å². The van der Waals surface area contributed by atoms with Gasteiger partial charge in [-0.05, 0) is 6.07 Å². The highest BCUT2D eigenvalue weighted by molar-refractivity contribution is 6.32. The number of esters is 1. The molecule has 11 heteroatoms. The number of alkyl halides is 3. The number of carbonyl (C=O) groups is 1. The van der Waals surface area contributed by atoms with Crippen molar-refractivity contribution in [1.29, 1.82) is 0 Å². The number of nitro benzene ring substituents is 1. The van der Waals surface area contributed by atoms with Gasteiger partial charge in [0, 0.05) is 25.4 Å². The van der Waals surface area contributed by atoms with E-state index in [4.69, 9.17) is 16.3 Å². The predicted molar refractivity (Wildman–Crippen MR) is 77.9 cm³/mol. The van der Waals surface area contributed by atoms with Gasteiger partial charge in [-0.2, -0.15) is 13.2 Å². The Hall–Kier alpha value is -2.62. The van der Waals surface area contributed by atoms with E-state index in [1.165, 1.54) is 7.05 Å². The van der Waals surface area contributed by atoms with Gasteiger partial charge >= 0.3 is 12.1 Å². The summed E-state index contributed by atoms with van der Waals surface area (Å²) in [5.74, 6) is -1.40. The van der Waals surface area contributed by atoms with Gasteiger partial charge in [-0.1, -0.05) is 11.6 Å². The van der Waals surface area contributed by atoms with Gasteiger partial charge in [0.1, 0.15) is 11.5 Å². The first-order valence-corrected chi connectivity index (χ1v) is 6.68. The topological polar surface area (TPSA) is 85.0 Å². The third-order valence-electron chi connectivity index (χ3n) is 2.86. The minimum atomic E-state index is -4.68. The summed E-state index contributed by atoms with van der Waals surface area (Å²) < 4.78 is 43.1. The maximum absolute atomic E-state index is 12.7. The molecule has 0 aliphatic carbocycles. The van der Waals surface area contributed by atoms with Gasteiger partial charge in [-0.3, -0.25) is 10.1 Å². The molecule has 0 atom stereocenters. The van der Waals surface area contributed by atoms with Crippen molar-refractivity contribution in [2.24, 2.45) is 4.99 Å². The second-order valence-corrected chi connectivity index (χ2v) is 5.15. The highest BCUT2D eigenvalue weighted by Crippen LogP contribution is 2.30. The number of halogens is 4. The SMILES string of the molecule is CN1C=C(C(=O)Oc2ccc([N+](=O)[O-])cc2Cl)N=C(C(F)(F)F)C1. The Labute approximate surface area is 138 Å². The summed E-state index contributed by atoms with van der Waals surface area (Å²) in [4.78, 5) is 26.3. The first kappa shape index (κ1) is 17.7. The molecule has 0 saturated carbocycles. The molecule has 0 fully saturated rings. The van der Waals surface area contributed by atoms with E-state index in [0.29, 0.717) is 0 Å². The van der Waals surface area contributed by atoms with Crippen LogP contribution in [0.2, 0.25) is 5.02 Å². The van der Waals surface area contributed by atoms with Crippen molar-refractivity contribution < 1.29 is 27.6 Å². The molecule has 24 heavy (non-hydrogen) atoms. The Morgan fingerprint density at radius 3 is 2.67 bits per heavy atom. The highest BCUT2D eigenvalue weighted by Gasteiger charge is 2.38. The van der Waals surface area contributed by atoms with Crippen molar-refractivity contribution in [3.8, 4) is 5.75 Å². The molecule has 128 valence electrons. The lowest BCUT2D eigenvalue weighted by Crippen LogP contribution is -2.36. The van der Waals surface area contributed by atoms with Gasteiger partial charge in [0.05, 0.1) is 16.5 Å². The van der Waals surface area contributed by atoms with Crippen LogP contribution >= 0.6 is 11.6 Å². The number of nitro groups is 1. The number of nitrogens with zero attached hydrogens (tertiary/aromatic N) is 3. The molecule has 0 unspecified atom stereocenters. The molecule has 0 saturated heterocycles. The van der Waals surface area contributed by atoms with Crippen LogP contribution in [0.1, 0.15) is 0 Å². The number of carbonyl (C=O) groups excluding carboxylic acids is 1. The number of rotatable bonds is 3. The summed E-state index contributed by atoms with van der Waals surface area (Å²) in [5.41, 5.74) is -2.03. The number of benzene rings is 1. The Bertz CT molecular complexity index is 761. The zero-order valence-corrected chi connectivity index (χ0v) is 12.8. The van der Waals surface area contributed by atoms with E-state index >= 15 is 0 Å². The first-order chi connectivity index (χ1) is 11.1. The summed E-state index contributed by atoms with van der Waals surface area (Å²) in [6, 6.07) is 3.07. The van der Waals surface area contributed by atoms with E-state index in [1.54, 1.807) is 0 Å². The number of aliphatic imine (C=N–C) groups is 1. The van der Waals surface area contributed by atoms with Crippen LogP contribution in [0.5, 0.6) is 5.75 Å². The summed E-state index contributed by atoms with van der Waals surface area (Å²) in [7, 11) is 1.34. The lowest BCUT2D eigenvalue weighted by Gasteiger charge is -2.22. The molecule has 1 aliphatic heterocycles. The molecular weight excluding hydrogens is 355 g/mol. The molecule has 1 aromatic rings. The fraction of sp³-hybridized carbons (Fsp3) is 0.231. The van der Waals surface area contributed by atoms with Crippen molar-refractivity contribution in [1.82, 2.24) is 4.90 Å². The van der Waals surface area contributed by atoms with E-state index in [2.05, 4.69) is 4.99 Å². The zero-order valence-electron chi connectivity index (χ0n) is 12.0. The summed E-state index contributed by atoms with van der Waals surface area (Å²) >= 11 is 5.76. The van der Waals surface area contributed by atoms with Gasteiger partial charge in [0.2, 0.25) is 0 Å². The lowest BCUT2D eigenvalue weighted by atomic mass is 10.2. The van der Waals surface area contributed by atoms with Crippen molar-refractivity contribution >= 4 is 29.0 Å². The van der Waals surface area contributed by atoms with Crippen LogP contribution in [-0.4, -0.2) is 41.3 Å². The third kappa shape index (κ3) is 4.02. The van der Waals surface area contributed by atoms with Crippen molar-refractivity contribution in [2.75, 3.05) is 13.6 Å². The summed E-state index contributed by atoms with van der Waals surface area (Å²) in [5, 5.41) is 10.4. The van der Waals surface area contributed by atoms with Crippen molar-refractivity contribution in [3.63, 3.8) is 0 Å². The van der Waals surface area contributed by atoms with Crippen LogP contribution in [-0.2, 0) is 4.79 Å². The second kappa shape index (κ2) is 6.48. The molecule has 1 aromatic carbocycles. The first-order valence-electron chi connectivity index (χ1n) is 6.31. The van der Waals surface area contributed by atoms with Crippen LogP contribution < -0.4 is 4.74 Å². The normalized spacial score (nSPS) is 14.8. The third-order valence-corrected chi connectivity index (χ3v) is 3.16. The average Bonchev–Trinajstić information content (AvgIpc) is 2.47. The Balaban J connectivity index is 2.23. The van der Waals surface area contributed by atoms with E-state index in [0.717, 1.165) is 29.3 Å². The van der Waals surface area contributed by atoms with Crippen molar-refractivity contribution in [3.05, 3.63) is 45.2 Å². The van der Waals surface area contributed by atoms with Crippen LogP contribution in [0.4, 0.5) is 18.9 Å². The second-order valence-electron chi connectivity index (χ2n) is 4.75. The molecule has 7 nitrogen and oxygen atoms in total. The Morgan fingerprint density at radius 1 is 1.46 bits per heavy atom. The molecule has 1 heterocycles. The largest absolute Gasteiger partial charge is 0.431 e. The molecule has 0 radical (unpaired) electrons. The standard InChI is InChI=1S/C13H9ClF3N3O4/c1-19-5-9(18-11(6-19)13(15,16)17)12(21)24-10-3-2-7(20(22)23)4-8(10)14/h2-5H,6H2,1H3. The molecule has 0 N–H and O–H groups in total. The van der Waals surface area contributed by atoms with Crippen LogP contribution in [0.3, 0.4) is 0 Å². The lowest BCUT2D eigenvalue weighted by molar-refractivity contribution is -0.384. The molecular formula is C13H9ClF3N3O4. The quantitative estimate of drug-likeness (QED) is 0.357. The van der Waals surface area contributed by atoms with E-state index < -0.39 is 35.0 Å². The van der Waals surface area contributed by atoms with E-state index in [1.807, 2.05) is 0 Å². The maximum Gasteiger partial charge on any atom is 0.431 e. The summed E-state index contributed by atoms with van der Waals surface area (Å²) in [6.45, 7) is -0.501. The highest BCUT2D eigenvalue weighted by atomic mass is 35.5. The predicted octanol–water partition coefficient (Wildman–Crippen LogP) is 2.94. The monoisotopic (exact) mass is 363 g/mol. The molecule has 0 aromatic heterocycles. The molecule has 0 spiro atoms. The van der Waals surface area contributed by atoms with E-state index in [9.17, 15) is 28.1 Å². The number of ether oxygens (including phenoxy) is 1. The van der Waals surface area contributed by atoms with Crippen LogP contribution in [0.15, 0.2) is 35.1 Å². The van der Waals surface area contributed by atoms with Gasteiger partial charge in [-0.15, -0.1) is 0 Å². The minimum Gasteiger partial charge on any atom is -0.420 e. The minimum absolute atomic E-state index is 0.231.